The van der Waals surface area contributed by atoms with Gasteiger partial charge < -0.3 is 10.5 Å². The van der Waals surface area contributed by atoms with Crippen molar-refractivity contribution < 1.29 is 9.53 Å². The Morgan fingerprint density at radius 1 is 1.47 bits per heavy atom. The largest absolute Gasteiger partial charge is 0.468 e. The number of ether oxygens (including phenoxy) is 1. The van der Waals surface area contributed by atoms with Gasteiger partial charge in [-0.15, -0.1) is 11.3 Å². The number of rotatable bonds is 3. The lowest BCUT2D eigenvalue weighted by Crippen LogP contribution is -2.33. The Bertz CT molecular complexity index is 380. The normalized spacial score (nSPS) is 12.6. The topological polar surface area (TPSA) is 52.3 Å². The van der Waals surface area contributed by atoms with Crippen molar-refractivity contribution in [1.82, 2.24) is 0 Å². The van der Waals surface area contributed by atoms with Crippen LogP contribution in [0.3, 0.4) is 0 Å². The number of carbonyl (C=O) groups excluding carboxylic acids is 1. The Labute approximate surface area is 106 Å². The van der Waals surface area contributed by atoms with Gasteiger partial charge in [-0.1, -0.05) is 34.8 Å². The van der Waals surface area contributed by atoms with Crippen LogP contribution in [0.1, 0.15) is 5.56 Å². The van der Waals surface area contributed by atoms with E-state index in [2.05, 4.69) is 4.74 Å². The number of thiophene rings is 1. The molecular formula is C8H8Cl3NO2S. The molecule has 84 valence electrons. The van der Waals surface area contributed by atoms with E-state index >= 15 is 0 Å². The number of methoxy groups -OCH3 is 1. The first-order chi connectivity index (χ1) is 6.97. The lowest BCUT2D eigenvalue weighted by atomic mass is 10.1. The molecule has 1 aromatic rings. The molecule has 0 bridgehead atoms. The molecule has 7 heteroatoms. The summed E-state index contributed by atoms with van der Waals surface area (Å²) >= 11 is 18.7. The second kappa shape index (κ2) is 5.37. The second-order valence-electron chi connectivity index (χ2n) is 2.78. The molecule has 0 amide bonds. The van der Waals surface area contributed by atoms with Gasteiger partial charge in [-0.05, 0) is 0 Å². The molecule has 0 saturated heterocycles. The summed E-state index contributed by atoms with van der Waals surface area (Å²) in [5.74, 6) is -0.510. The van der Waals surface area contributed by atoms with E-state index < -0.39 is 12.0 Å². The zero-order chi connectivity index (χ0) is 11.6. The zero-order valence-electron chi connectivity index (χ0n) is 7.72. The lowest BCUT2D eigenvalue weighted by molar-refractivity contribution is -0.142. The van der Waals surface area contributed by atoms with Gasteiger partial charge in [0.1, 0.15) is 10.4 Å². The van der Waals surface area contributed by atoms with Crippen LogP contribution < -0.4 is 5.73 Å². The predicted octanol–water partition coefficient (Wildman–Crippen LogP) is 2.75. The van der Waals surface area contributed by atoms with E-state index in [1.807, 2.05) is 0 Å². The highest BCUT2D eigenvalue weighted by Crippen LogP contribution is 2.40. The van der Waals surface area contributed by atoms with E-state index in [0.717, 1.165) is 11.3 Å². The third-order valence-electron chi connectivity index (χ3n) is 1.78. The average Bonchev–Trinajstić information content (AvgIpc) is 2.43. The van der Waals surface area contributed by atoms with E-state index in [4.69, 9.17) is 40.5 Å². The summed E-state index contributed by atoms with van der Waals surface area (Å²) in [5, 5.41) is 0.353. The molecule has 0 saturated carbocycles. The van der Waals surface area contributed by atoms with Crippen LogP contribution in [-0.4, -0.2) is 19.1 Å². The Balaban J connectivity index is 2.85. The standard InChI is InChI=1S/C8H8Cl3NO2S/c1-14-8(13)4(12)2-3-5(9)7(11)15-6(3)10/h4H,2,12H2,1H3. The molecule has 0 aliphatic rings. The molecule has 0 aromatic carbocycles. The van der Waals surface area contributed by atoms with Gasteiger partial charge in [0.05, 0.1) is 16.5 Å². The van der Waals surface area contributed by atoms with E-state index in [1.54, 1.807) is 0 Å². The molecule has 1 atom stereocenters. The molecule has 1 rings (SSSR count). The van der Waals surface area contributed by atoms with Gasteiger partial charge in [-0.25, -0.2) is 0 Å². The van der Waals surface area contributed by atoms with Crippen LogP contribution in [0.25, 0.3) is 0 Å². The minimum absolute atomic E-state index is 0.216. The SMILES string of the molecule is COC(=O)C(N)Cc1c(Cl)sc(Cl)c1Cl. The summed E-state index contributed by atoms with van der Waals surface area (Å²) in [6.45, 7) is 0. The fourth-order valence-electron chi connectivity index (χ4n) is 1.01. The van der Waals surface area contributed by atoms with E-state index in [0.29, 0.717) is 19.3 Å². The van der Waals surface area contributed by atoms with Crippen molar-refractivity contribution in [3.8, 4) is 0 Å². The maximum Gasteiger partial charge on any atom is 0.322 e. The molecule has 1 unspecified atom stereocenters. The maximum absolute atomic E-state index is 11.1. The van der Waals surface area contributed by atoms with Gasteiger partial charge in [0.2, 0.25) is 0 Å². The average molecular weight is 289 g/mol. The molecular weight excluding hydrogens is 281 g/mol. The number of hydrogen-bond acceptors (Lipinski definition) is 4. The minimum Gasteiger partial charge on any atom is -0.468 e. The Kier molecular flexibility index (Phi) is 4.67. The maximum atomic E-state index is 11.1. The molecule has 0 spiro atoms. The molecule has 0 aliphatic carbocycles. The lowest BCUT2D eigenvalue weighted by Gasteiger charge is -2.08. The van der Waals surface area contributed by atoms with Gasteiger partial charge in [-0.2, -0.15) is 0 Å². The number of hydrogen-bond donors (Lipinski definition) is 1. The summed E-state index contributed by atoms with van der Waals surface area (Å²) in [7, 11) is 1.27. The second-order valence-corrected chi connectivity index (χ2v) is 5.38. The van der Waals surface area contributed by atoms with Crippen molar-refractivity contribution >= 4 is 52.1 Å². The van der Waals surface area contributed by atoms with Crippen molar-refractivity contribution in [3.63, 3.8) is 0 Å². The quantitative estimate of drug-likeness (QED) is 0.870. The minimum atomic E-state index is -0.782. The Morgan fingerprint density at radius 2 is 2.07 bits per heavy atom. The molecule has 0 aliphatic heterocycles. The van der Waals surface area contributed by atoms with Gasteiger partial charge in [0.25, 0.3) is 0 Å². The van der Waals surface area contributed by atoms with Crippen LogP contribution in [0.5, 0.6) is 0 Å². The van der Waals surface area contributed by atoms with Crippen LogP contribution >= 0.6 is 46.1 Å². The van der Waals surface area contributed by atoms with Crippen molar-refractivity contribution in [2.45, 2.75) is 12.5 Å². The van der Waals surface area contributed by atoms with Crippen molar-refractivity contribution in [2.24, 2.45) is 5.73 Å². The number of carbonyl (C=O) groups is 1. The van der Waals surface area contributed by atoms with E-state index in [9.17, 15) is 4.79 Å². The zero-order valence-corrected chi connectivity index (χ0v) is 10.8. The van der Waals surface area contributed by atoms with Gasteiger partial charge in [0.15, 0.2) is 0 Å². The molecule has 0 fully saturated rings. The number of halogens is 3. The Hall–Kier alpha value is -0.000000000000000111. The molecule has 3 nitrogen and oxygen atoms in total. The molecule has 1 heterocycles. The highest BCUT2D eigenvalue weighted by Gasteiger charge is 2.21. The van der Waals surface area contributed by atoms with Gasteiger partial charge >= 0.3 is 5.97 Å². The van der Waals surface area contributed by atoms with Crippen LogP contribution in [0.15, 0.2) is 0 Å². The molecule has 1 aromatic heterocycles. The summed E-state index contributed by atoms with van der Waals surface area (Å²) in [6.07, 6.45) is 0.216. The first-order valence-electron chi connectivity index (χ1n) is 3.93. The number of esters is 1. The molecule has 2 N–H and O–H groups in total. The first kappa shape index (κ1) is 13.1. The van der Waals surface area contributed by atoms with Crippen molar-refractivity contribution in [1.29, 1.82) is 0 Å². The number of nitrogens with two attached hydrogens (primary N) is 1. The fraction of sp³-hybridized carbons (Fsp3) is 0.375. The van der Waals surface area contributed by atoms with Gasteiger partial charge in [0, 0.05) is 12.0 Å². The summed E-state index contributed by atoms with van der Waals surface area (Å²) in [4.78, 5) is 11.1. The summed E-state index contributed by atoms with van der Waals surface area (Å²) < 4.78 is 5.34. The molecule has 15 heavy (non-hydrogen) atoms. The van der Waals surface area contributed by atoms with Crippen molar-refractivity contribution in [2.75, 3.05) is 7.11 Å². The Morgan fingerprint density at radius 3 is 2.47 bits per heavy atom. The van der Waals surface area contributed by atoms with Crippen LogP contribution in [0.2, 0.25) is 13.7 Å². The first-order valence-corrected chi connectivity index (χ1v) is 5.88. The van der Waals surface area contributed by atoms with Crippen LogP contribution in [0, 0.1) is 0 Å². The summed E-state index contributed by atoms with van der Waals surface area (Å²) in [5.41, 5.74) is 6.17. The van der Waals surface area contributed by atoms with E-state index in [1.165, 1.54) is 7.11 Å². The fourth-order valence-corrected chi connectivity index (χ4v) is 2.95. The highest BCUT2D eigenvalue weighted by molar-refractivity contribution is 7.20. The van der Waals surface area contributed by atoms with Crippen LogP contribution in [-0.2, 0) is 16.0 Å². The third kappa shape index (κ3) is 2.98. The predicted molar refractivity (Wildman–Crippen MR) is 63.0 cm³/mol. The smallest absolute Gasteiger partial charge is 0.322 e. The van der Waals surface area contributed by atoms with E-state index in [-0.39, 0.29) is 6.42 Å². The summed E-state index contributed by atoms with van der Waals surface area (Å²) in [6, 6.07) is -0.782. The highest BCUT2D eigenvalue weighted by atomic mass is 35.5. The van der Waals surface area contributed by atoms with Crippen molar-refractivity contribution in [3.05, 3.63) is 19.3 Å². The van der Waals surface area contributed by atoms with Crippen LogP contribution in [0.4, 0.5) is 0 Å². The molecule has 0 radical (unpaired) electrons. The third-order valence-corrected chi connectivity index (χ3v) is 4.10. The van der Waals surface area contributed by atoms with Gasteiger partial charge in [-0.3, -0.25) is 4.79 Å². The monoisotopic (exact) mass is 287 g/mol.